The van der Waals surface area contributed by atoms with Crippen LogP contribution >= 0.6 is 7.82 Å². The number of aliphatic carboxylic acids is 1. The summed E-state index contributed by atoms with van der Waals surface area (Å²) in [5.74, 6) is -1.15. The van der Waals surface area contributed by atoms with Crippen molar-refractivity contribution in [1.29, 1.82) is 0 Å². The fourth-order valence-electron chi connectivity index (χ4n) is 0.175. The summed E-state index contributed by atoms with van der Waals surface area (Å²) in [4.78, 5) is 34.0. The van der Waals surface area contributed by atoms with Crippen molar-refractivity contribution >= 4 is 13.8 Å². The molecule has 0 bridgehead atoms. The van der Waals surface area contributed by atoms with Gasteiger partial charge in [-0.3, -0.25) is 0 Å². The van der Waals surface area contributed by atoms with E-state index < -0.39 is 19.9 Å². The molecule has 0 spiro atoms. The van der Waals surface area contributed by atoms with Crippen LogP contribution in [-0.4, -0.2) is 27.2 Å². The number of aliphatic hydroxyl groups excluding tert-OH is 1. The number of rotatable bonds is 2. The predicted octanol–water partition coefficient (Wildman–Crippen LogP) is -8.34. The molecule has 0 aromatic heterocycles. The van der Waals surface area contributed by atoms with E-state index in [4.69, 9.17) is 29.5 Å². The van der Waals surface area contributed by atoms with Gasteiger partial charge in [0, 0.05) is 0 Å². The summed E-state index contributed by atoms with van der Waals surface area (Å²) in [7, 11) is -5.14. The second-order valence-corrected chi connectivity index (χ2v) is 2.67. The molecule has 0 aliphatic rings. The van der Waals surface area contributed by atoms with Crippen LogP contribution in [0.25, 0.3) is 0 Å². The Morgan fingerprint density at radius 3 is 1.64 bits per heavy atom. The van der Waals surface area contributed by atoms with Gasteiger partial charge < -0.3 is 29.5 Å². The summed E-state index contributed by atoms with van der Waals surface area (Å²) >= 11 is 0. The smallest absolute Gasteiger partial charge is 0.790 e. The first-order valence-electron chi connectivity index (χ1n) is 2.84. The number of carbonyl (C=O) groups is 1. The Morgan fingerprint density at radius 1 is 1.43 bits per heavy atom. The van der Waals surface area contributed by atoms with Gasteiger partial charge in [0.1, 0.15) is 0 Å². The number of carboxylic acids is 1. The second kappa shape index (κ2) is 12.6. The zero-order chi connectivity index (χ0) is 10.4. The normalized spacial score (nSPS) is 10.9. The zero-order valence-electron chi connectivity index (χ0n) is 8.21. The molecule has 1 unspecified atom stereocenters. The Morgan fingerprint density at radius 2 is 1.64 bits per heavy atom. The third-order valence-corrected chi connectivity index (χ3v) is 0.672. The standard InChI is InChI=1S/C4H8O3.2Na.H3O4P/c1-2-3(5)4(6)7;;;1-5(2,3)4/h3,5H,2H2,1H3,(H,6,7);;;(H3,1,2,3,4)/q;2*+1;/p-2. The van der Waals surface area contributed by atoms with Crippen LogP contribution in [0.1, 0.15) is 13.3 Å². The molecule has 0 fully saturated rings. The van der Waals surface area contributed by atoms with Crippen LogP contribution in [0.15, 0.2) is 0 Å². The fraction of sp³-hybridized carbons (Fsp3) is 0.750. The summed E-state index contributed by atoms with van der Waals surface area (Å²) in [6.07, 6.45) is -0.907. The van der Waals surface area contributed by atoms with Gasteiger partial charge in [0.05, 0.1) is 7.82 Å². The van der Waals surface area contributed by atoms with Crippen LogP contribution in [0.3, 0.4) is 0 Å². The maximum absolute atomic E-state index is 9.68. The van der Waals surface area contributed by atoms with Crippen molar-refractivity contribution in [3.63, 3.8) is 0 Å². The molecule has 0 heterocycles. The van der Waals surface area contributed by atoms with Gasteiger partial charge in [-0.2, -0.15) is 0 Å². The summed E-state index contributed by atoms with van der Waals surface area (Å²) < 4.78 is 8.66. The topological polar surface area (TPSA) is 141 Å². The molecule has 3 N–H and O–H groups in total. The van der Waals surface area contributed by atoms with E-state index in [0.29, 0.717) is 0 Å². The van der Waals surface area contributed by atoms with Crippen LogP contribution < -0.4 is 68.9 Å². The molecule has 1 atom stereocenters. The van der Waals surface area contributed by atoms with Gasteiger partial charge in [0.25, 0.3) is 0 Å². The van der Waals surface area contributed by atoms with Crippen molar-refractivity contribution in [3.8, 4) is 0 Å². The van der Waals surface area contributed by atoms with Gasteiger partial charge in [-0.1, -0.05) is 6.92 Å². The van der Waals surface area contributed by atoms with E-state index in [2.05, 4.69) is 0 Å². The molecule has 0 aromatic rings. The molecule has 0 saturated carbocycles. The summed E-state index contributed by atoms with van der Waals surface area (Å²) in [5.41, 5.74) is 0. The van der Waals surface area contributed by atoms with E-state index in [-0.39, 0.29) is 65.5 Å². The molecule has 0 aromatic carbocycles. The molecule has 0 aliphatic heterocycles. The molecule has 7 nitrogen and oxygen atoms in total. The van der Waals surface area contributed by atoms with Crippen molar-refractivity contribution in [1.82, 2.24) is 0 Å². The number of hydrogen-bond acceptors (Lipinski definition) is 5. The monoisotopic (exact) mass is 246 g/mol. The molecule has 74 valence electrons. The molecule has 14 heavy (non-hydrogen) atoms. The molecule has 0 rings (SSSR count). The summed E-state index contributed by atoms with van der Waals surface area (Å²) in [6.45, 7) is 1.61. The van der Waals surface area contributed by atoms with Crippen LogP contribution in [-0.2, 0) is 9.36 Å². The first-order valence-corrected chi connectivity index (χ1v) is 4.33. The van der Waals surface area contributed by atoms with Crippen molar-refractivity contribution in [3.05, 3.63) is 0 Å². The average molecular weight is 246 g/mol. The molecule has 0 saturated heterocycles. The fourth-order valence-corrected chi connectivity index (χ4v) is 0.175. The third kappa shape index (κ3) is 37.5. The minimum absolute atomic E-state index is 0. The Labute approximate surface area is 125 Å². The van der Waals surface area contributed by atoms with E-state index in [0.717, 1.165) is 0 Å². The number of aliphatic hydroxyl groups is 1. The van der Waals surface area contributed by atoms with Gasteiger partial charge in [0.2, 0.25) is 0 Å². The maximum Gasteiger partial charge on any atom is 1.00 e. The minimum atomic E-state index is -5.14. The second-order valence-electron chi connectivity index (χ2n) is 1.73. The third-order valence-electron chi connectivity index (χ3n) is 0.672. The summed E-state index contributed by atoms with van der Waals surface area (Å²) in [5, 5.41) is 16.3. The van der Waals surface area contributed by atoms with Gasteiger partial charge in [0.15, 0.2) is 6.10 Å². The average Bonchev–Trinajstić information content (AvgIpc) is 1.82. The maximum atomic E-state index is 9.68. The van der Waals surface area contributed by atoms with Crippen molar-refractivity contribution < 1.29 is 93.4 Å². The Bertz CT molecular complexity index is 172. The Balaban J connectivity index is -0.0000000651. The van der Waals surface area contributed by atoms with Crippen molar-refractivity contribution in [2.24, 2.45) is 0 Å². The Hall–Kier alpha value is 1.54. The van der Waals surface area contributed by atoms with Gasteiger partial charge in [-0.05, 0) is 6.42 Å². The quantitative estimate of drug-likeness (QED) is 0.324. The van der Waals surface area contributed by atoms with Gasteiger partial charge in [-0.15, -0.1) is 0 Å². The largest absolute Gasteiger partial charge is 1.00 e. The first-order chi connectivity index (χ1) is 5.18. The Kier molecular flexibility index (Phi) is 22.2. The number of phosphoric acid groups is 1. The summed E-state index contributed by atoms with van der Waals surface area (Å²) in [6, 6.07) is 0. The predicted molar refractivity (Wildman–Crippen MR) is 33.8 cm³/mol. The SMILES string of the molecule is CCC(O)C(=O)O.O=P([O-])([O-])O.[Na+].[Na+]. The molecule has 0 radical (unpaired) electrons. The van der Waals surface area contributed by atoms with E-state index in [1.54, 1.807) is 6.92 Å². The number of hydrogen-bond donors (Lipinski definition) is 3. The van der Waals surface area contributed by atoms with Crippen LogP contribution in [0.4, 0.5) is 0 Å². The van der Waals surface area contributed by atoms with Gasteiger partial charge >= 0.3 is 65.1 Å². The van der Waals surface area contributed by atoms with Crippen LogP contribution in [0, 0.1) is 0 Å². The molecule has 0 aliphatic carbocycles. The first kappa shape index (κ1) is 24.7. The number of carboxylic acid groups (broad SMARTS) is 1. The zero-order valence-corrected chi connectivity index (χ0v) is 13.1. The van der Waals surface area contributed by atoms with E-state index in [1.165, 1.54) is 0 Å². The van der Waals surface area contributed by atoms with Crippen molar-refractivity contribution in [2.75, 3.05) is 0 Å². The van der Waals surface area contributed by atoms with Crippen molar-refractivity contribution in [2.45, 2.75) is 19.4 Å². The molecule has 10 heteroatoms. The van der Waals surface area contributed by atoms with E-state index in [1.807, 2.05) is 0 Å². The molecular weight excluding hydrogens is 237 g/mol. The van der Waals surface area contributed by atoms with E-state index in [9.17, 15) is 4.79 Å². The van der Waals surface area contributed by atoms with Crippen LogP contribution in [0.2, 0.25) is 0 Å². The van der Waals surface area contributed by atoms with Crippen LogP contribution in [0.5, 0.6) is 0 Å². The minimum Gasteiger partial charge on any atom is -0.790 e. The van der Waals surface area contributed by atoms with E-state index >= 15 is 0 Å². The molecule has 0 amide bonds. The van der Waals surface area contributed by atoms with Gasteiger partial charge in [-0.25, -0.2) is 4.79 Å². The molecular formula is C4H9Na2O7P.